The van der Waals surface area contributed by atoms with E-state index in [1.165, 1.54) is 0 Å². The van der Waals surface area contributed by atoms with Crippen LogP contribution in [0.25, 0.3) is 0 Å². The summed E-state index contributed by atoms with van der Waals surface area (Å²) in [6.07, 6.45) is 1.00. The molecular formula is C30H41NO6. The molecule has 1 aliphatic rings. The van der Waals surface area contributed by atoms with Gasteiger partial charge < -0.3 is 24.6 Å². The van der Waals surface area contributed by atoms with Crippen molar-refractivity contribution in [3.05, 3.63) is 65.7 Å². The van der Waals surface area contributed by atoms with Crippen LogP contribution in [-0.4, -0.2) is 55.1 Å². The summed E-state index contributed by atoms with van der Waals surface area (Å²) in [7, 11) is 1.62. The minimum Gasteiger partial charge on any atom is -0.497 e. The average molecular weight is 512 g/mol. The number of amides is 1. The van der Waals surface area contributed by atoms with Crippen molar-refractivity contribution in [1.29, 1.82) is 0 Å². The fourth-order valence-electron chi connectivity index (χ4n) is 4.73. The number of hydrogen-bond donors (Lipinski definition) is 2. The van der Waals surface area contributed by atoms with Crippen molar-refractivity contribution in [2.75, 3.05) is 20.3 Å². The Hall–Kier alpha value is -2.90. The number of aliphatic hydroxyl groups is 1. The van der Waals surface area contributed by atoms with Gasteiger partial charge >= 0.3 is 6.09 Å². The summed E-state index contributed by atoms with van der Waals surface area (Å²) in [5, 5.41) is 14.3. The number of methoxy groups -OCH3 is 1. The van der Waals surface area contributed by atoms with Gasteiger partial charge in [0.15, 0.2) is 0 Å². The van der Waals surface area contributed by atoms with Crippen LogP contribution in [0.3, 0.4) is 0 Å². The third kappa shape index (κ3) is 9.48. The highest BCUT2D eigenvalue weighted by Crippen LogP contribution is 2.27. The Kier molecular flexibility index (Phi) is 10.5. The zero-order valence-electron chi connectivity index (χ0n) is 22.4. The van der Waals surface area contributed by atoms with Gasteiger partial charge in [-0.2, -0.15) is 0 Å². The van der Waals surface area contributed by atoms with E-state index in [2.05, 4.69) is 5.32 Å². The molecule has 202 valence electrons. The molecule has 3 unspecified atom stereocenters. The lowest BCUT2D eigenvalue weighted by Gasteiger charge is -2.31. The van der Waals surface area contributed by atoms with Gasteiger partial charge in [-0.3, -0.25) is 4.79 Å². The van der Waals surface area contributed by atoms with Crippen LogP contribution in [0.2, 0.25) is 0 Å². The number of aliphatic hydroxyl groups excluding tert-OH is 1. The SMILES string of the molecule is COc1ccc(CC(CC(O)C(Cc2ccccc2)NC(=O)OC(C)(C)C)C(=O)C2CCOCC2)cc1. The standard InChI is InChI=1S/C30H41NO6/c1-30(2,3)37-29(34)31-26(19-21-8-6-5-7-9-21)27(32)20-24(28(33)23-14-16-36-17-15-23)18-22-10-12-25(35-4)13-11-22/h5-13,23-24,26-27,32H,14-20H2,1-4H3,(H,31,34). The molecule has 2 aromatic carbocycles. The van der Waals surface area contributed by atoms with E-state index in [9.17, 15) is 14.7 Å². The second kappa shape index (κ2) is 13.6. The Morgan fingerprint density at radius 2 is 1.62 bits per heavy atom. The molecule has 2 N–H and O–H groups in total. The van der Waals surface area contributed by atoms with Gasteiger partial charge in [0.2, 0.25) is 0 Å². The smallest absolute Gasteiger partial charge is 0.407 e. The molecule has 37 heavy (non-hydrogen) atoms. The maximum atomic E-state index is 13.6. The van der Waals surface area contributed by atoms with Crippen LogP contribution in [0.5, 0.6) is 5.75 Å². The van der Waals surface area contributed by atoms with Crippen LogP contribution in [-0.2, 0) is 27.1 Å². The third-order valence-electron chi connectivity index (χ3n) is 6.66. The highest BCUT2D eigenvalue weighted by molar-refractivity contribution is 5.84. The van der Waals surface area contributed by atoms with Gasteiger partial charge in [-0.1, -0.05) is 42.5 Å². The van der Waals surface area contributed by atoms with Crippen LogP contribution in [0, 0.1) is 11.8 Å². The normalized spacial score (nSPS) is 16.9. The highest BCUT2D eigenvalue weighted by Gasteiger charge is 2.33. The van der Waals surface area contributed by atoms with E-state index in [4.69, 9.17) is 14.2 Å². The second-order valence-corrected chi connectivity index (χ2v) is 10.8. The van der Waals surface area contributed by atoms with Gasteiger partial charge in [0.05, 0.1) is 19.3 Å². The largest absolute Gasteiger partial charge is 0.497 e. The maximum Gasteiger partial charge on any atom is 0.407 e. The monoisotopic (exact) mass is 511 g/mol. The van der Waals surface area contributed by atoms with Gasteiger partial charge in [0.25, 0.3) is 0 Å². The second-order valence-electron chi connectivity index (χ2n) is 10.8. The first kappa shape index (κ1) is 28.7. The van der Waals surface area contributed by atoms with E-state index in [1.807, 2.05) is 54.6 Å². The fraction of sp³-hybridized carbons (Fsp3) is 0.533. The zero-order chi connectivity index (χ0) is 26.8. The summed E-state index contributed by atoms with van der Waals surface area (Å²) in [6, 6.07) is 16.7. The minimum atomic E-state index is -0.945. The molecule has 1 aliphatic heterocycles. The first-order valence-corrected chi connectivity index (χ1v) is 13.1. The molecule has 0 bridgehead atoms. The number of rotatable bonds is 11. The Bertz CT molecular complexity index is 979. The molecule has 1 fully saturated rings. The number of alkyl carbamates (subject to hydrolysis) is 1. The van der Waals surface area contributed by atoms with Crippen molar-refractivity contribution < 1.29 is 28.9 Å². The summed E-state index contributed by atoms with van der Waals surface area (Å²) < 4.78 is 16.2. The molecule has 0 spiro atoms. The number of carbonyl (C=O) groups is 2. The third-order valence-corrected chi connectivity index (χ3v) is 6.66. The number of nitrogens with one attached hydrogen (secondary N) is 1. The van der Waals surface area contributed by atoms with Crippen LogP contribution in [0.1, 0.15) is 51.2 Å². The molecule has 3 rings (SSSR count). The van der Waals surface area contributed by atoms with Crippen molar-refractivity contribution in [3.63, 3.8) is 0 Å². The zero-order valence-corrected chi connectivity index (χ0v) is 22.4. The van der Waals surface area contributed by atoms with Crippen molar-refractivity contribution >= 4 is 11.9 Å². The van der Waals surface area contributed by atoms with Crippen molar-refractivity contribution in [2.45, 2.75) is 70.6 Å². The number of Topliss-reactive ketones (excluding diaryl/α,β-unsaturated/α-hetero) is 1. The number of carbonyl (C=O) groups excluding carboxylic acids is 2. The first-order chi connectivity index (χ1) is 17.6. The molecule has 3 atom stereocenters. The lowest BCUT2D eigenvalue weighted by atomic mass is 9.80. The summed E-state index contributed by atoms with van der Waals surface area (Å²) >= 11 is 0. The number of ketones is 1. The van der Waals surface area contributed by atoms with Gasteiger partial charge in [-0.25, -0.2) is 4.79 Å². The Morgan fingerprint density at radius 3 is 2.22 bits per heavy atom. The molecule has 1 saturated heterocycles. The molecule has 1 heterocycles. The van der Waals surface area contributed by atoms with Gasteiger partial charge in [0.1, 0.15) is 17.1 Å². The van der Waals surface area contributed by atoms with Gasteiger partial charge in [-0.05, 0) is 76.1 Å². The molecule has 0 saturated carbocycles. The van der Waals surface area contributed by atoms with Crippen LogP contribution >= 0.6 is 0 Å². The van der Waals surface area contributed by atoms with Crippen LogP contribution < -0.4 is 10.1 Å². The van der Waals surface area contributed by atoms with Crippen molar-refractivity contribution in [3.8, 4) is 5.75 Å². The predicted octanol–water partition coefficient (Wildman–Crippen LogP) is 4.74. The number of benzene rings is 2. The summed E-state index contributed by atoms with van der Waals surface area (Å²) in [4.78, 5) is 26.3. The highest BCUT2D eigenvalue weighted by atomic mass is 16.6. The Morgan fingerprint density at radius 1 is 1.00 bits per heavy atom. The molecule has 0 aromatic heterocycles. The van der Waals surface area contributed by atoms with E-state index in [0.717, 1.165) is 16.9 Å². The molecule has 0 radical (unpaired) electrons. The van der Waals surface area contributed by atoms with E-state index in [-0.39, 0.29) is 18.1 Å². The first-order valence-electron chi connectivity index (χ1n) is 13.1. The topological polar surface area (TPSA) is 94.1 Å². The summed E-state index contributed by atoms with van der Waals surface area (Å²) in [5.41, 5.74) is 1.31. The summed E-state index contributed by atoms with van der Waals surface area (Å²) in [6.45, 7) is 6.54. The molecule has 7 heteroatoms. The number of ether oxygens (including phenoxy) is 3. The lowest BCUT2D eigenvalue weighted by molar-refractivity contribution is -0.130. The number of hydrogen-bond acceptors (Lipinski definition) is 6. The van der Waals surface area contributed by atoms with E-state index < -0.39 is 29.8 Å². The van der Waals surface area contributed by atoms with Crippen LogP contribution in [0.4, 0.5) is 4.79 Å². The Balaban J connectivity index is 1.80. The van der Waals surface area contributed by atoms with E-state index >= 15 is 0 Å². The quantitative estimate of drug-likeness (QED) is 0.453. The van der Waals surface area contributed by atoms with Gasteiger partial charge in [0, 0.05) is 25.0 Å². The molecule has 2 aromatic rings. The van der Waals surface area contributed by atoms with Gasteiger partial charge in [-0.15, -0.1) is 0 Å². The molecule has 1 amide bonds. The van der Waals surface area contributed by atoms with Crippen molar-refractivity contribution in [2.24, 2.45) is 11.8 Å². The molecule has 0 aliphatic carbocycles. The average Bonchev–Trinajstić information content (AvgIpc) is 2.88. The molecule has 7 nitrogen and oxygen atoms in total. The molecular weight excluding hydrogens is 470 g/mol. The minimum absolute atomic E-state index is 0.0874. The van der Waals surface area contributed by atoms with Crippen molar-refractivity contribution in [1.82, 2.24) is 5.32 Å². The van der Waals surface area contributed by atoms with Crippen LogP contribution in [0.15, 0.2) is 54.6 Å². The Labute approximate surface area is 220 Å². The predicted molar refractivity (Wildman–Crippen MR) is 143 cm³/mol. The maximum absolute atomic E-state index is 13.6. The van der Waals surface area contributed by atoms with E-state index in [0.29, 0.717) is 38.9 Å². The summed E-state index contributed by atoms with van der Waals surface area (Å²) in [5.74, 6) is 0.412. The fourth-order valence-corrected chi connectivity index (χ4v) is 4.73. The van der Waals surface area contributed by atoms with E-state index in [1.54, 1.807) is 27.9 Å². The lowest BCUT2D eigenvalue weighted by Crippen LogP contribution is -2.48.